The molecule has 0 heteroatoms. The van der Waals surface area contributed by atoms with Crippen molar-refractivity contribution in [3.8, 4) is 0 Å². The SMILES string of the molecule is C=C/C=C/CC/C(C)=C\C. The molecule has 0 amide bonds. The first-order chi connectivity index (χ1) is 4.81. The van der Waals surface area contributed by atoms with E-state index in [1.54, 1.807) is 0 Å². The summed E-state index contributed by atoms with van der Waals surface area (Å²) in [6, 6.07) is 0. The van der Waals surface area contributed by atoms with Gasteiger partial charge in [0.15, 0.2) is 0 Å². The predicted molar refractivity (Wildman–Crippen MR) is 48.0 cm³/mol. The van der Waals surface area contributed by atoms with Crippen LogP contribution in [0, 0.1) is 0 Å². The first kappa shape index (κ1) is 9.22. The molecule has 0 saturated heterocycles. The van der Waals surface area contributed by atoms with Crippen molar-refractivity contribution in [1.82, 2.24) is 0 Å². The molecule has 0 radical (unpaired) electrons. The first-order valence-electron chi connectivity index (χ1n) is 3.70. The molecule has 0 aromatic carbocycles. The van der Waals surface area contributed by atoms with E-state index in [4.69, 9.17) is 0 Å². The third-order valence-corrected chi connectivity index (χ3v) is 1.47. The molecule has 0 heterocycles. The van der Waals surface area contributed by atoms with E-state index in [9.17, 15) is 0 Å². The second-order valence-corrected chi connectivity index (χ2v) is 2.34. The Morgan fingerprint density at radius 2 is 2.20 bits per heavy atom. The Hall–Kier alpha value is -0.780. The van der Waals surface area contributed by atoms with Crippen LogP contribution in [0.1, 0.15) is 26.7 Å². The monoisotopic (exact) mass is 136 g/mol. The maximum atomic E-state index is 3.60. The van der Waals surface area contributed by atoms with Crippen LogP contribution in [0.5, 0.6) is 0 Å². The van der Waals surface area contributed by atoms with Crippen LogP contribution < -0.4 is 0 Å². The van der Waals surface area contributed by atoms with E-state index in [2.05, 4.69) is 32.6 Å². The predicted octanol–water partition coefficient (Wildman–Crippen LogP) is 3.48. The van der Waals surface area contributed by atoms with Gasteiger partial charge in [-0.2, -0.15) is 0 Å². The van der Waals surface area contributed by atoms with Crippen molar-refractivity contribution in [2.24, 2.45) is 0 Å². The van der Waals surface area contributed by atoms with Crippen LogP contribution in [0.15, 0.2) is 36.5 Å². The number of allylic oxidation sites excluding steroid dienone is 5. The lowest BCUT2D eigenvalue weighted by Gasteiger charge is -1.93. The van der Waals surface area contributed by atoms with Gasteiger partial charge in [-0.1, -0.05) is 36.5 Å². The highest BCUT2D eigenvalue weighted by Crippen LogP contribution is 2.03. The molecule has 0 unspecified atom stereocenters. The van der Waals surface area contributed by atoms with Gasteiger partial charge < -0.3 is 0 Å². The normalized spacial score (nSPS) is 12.4. The standard InChI is InChI=1S/C10H16/c1-4-6-7-8-9-10(3)5-2/h4-7H,1,8-9H2,2-3H3/b7-6+,10-5-. The van der Waals surface area contributed by atoms with Crippen molar-refractivity contribution >= 4 is 0 Å². The molecule has 0 aliphatic heterocycles. The molecule has 10 heavy (non-hydrogen) atoms. The van der Waals surface area contributed by atoms with Gasteiger partial charge in [0.25, 0.3) is 0 Å². The average Bonchev–Trinajstić information content (AvgIpc) is 1.98. The molecular weight excluding hydrogens is 120 g/mol. The minimum atomic E-state index is 1.13. The summed E-state index contributed by atoms with van der Waals surface area (Å²) >= 11 is 0. The fourth-order valence-electron chi connectivity index (χ4n) is 0.648. The summed E-state index contributed by atoms with van der Waals surface area (Å²) in [7, 11) is 0. The zero-order valence-electron chi connectivity index (χ0n) is 6.93. The third-order valence-electron chi connectivity index (χ3n) is 1.47. The molecule has 0 rings (SSSR count). The van der Waals surface area contributed by atoms with E-state index < -0.39 is 0 Å². The van der Waals surface area contributed by atoms with Gasteiger partial charge in [-0.15, -0.1) is 0 Å². The first-order valence-corrected chi connectivity index (χ1v) is 3.70. The average molecular weight is 136 g/mol. The topological polar surface area (TPSA) is 0 Å². The highest BCUT2D eigenvalue weighted by Gasteiger charge is 1.82. The summed E-state index contributed by atoms with van der Waals surface area (Å²) in [6.07, 6.45) is 10.4. The maximum absolute atomic E-state index is 3.60. The van der Waals surface area contributed by atoms with Gasteiger partial charge >= 0.3 is 0 Å². The van der Waals surface area contributed by atoms with E-state index in [0.717, 1.165) is 6.42 Å². The van der Waals surface area contributed by atoms with Crippen molar-refractivity contribution in [1.29, 1.82) is 0 Å². The van der Waals surface area contributed by atoms with Crippen molar-refractivity contribution in [3.05, 3.63) is 36.5 Å². The lowest BCUT2D eigenvalue weighted by atomic mass is 10.1. The Balaban J connectivity index is 3.36. The second-order valence-electron chi connectivity index (χ2n) is 2.34. The molecule has 0 N–H and O–H groups in total. The third kappa shape index (κ3) is 5.36. The van der Waals surface area contributed by atoms with Gasteiger partial charge in [-0.3, -0.25) is 0 Å². The van der Waals surface area contributed by atoms with Crippen molar-refractivity contribution in [3.63, 3.8) is 0 Å². The van der Waals surface area contributed by atoms with Crippen molar-refractivity contribution < 1.29 is 0 Å². The summed E-state index contributed by atoms with van der Waals surface area (Å²) in [4.78, 5) is 0. The summed E-state index contributed by atoms with van der Waals surface area (Å²) in [6.45, 7) is 7.83. The fourth-order valence-corrected chi connectivity index (χ4v) is 0.648. The van der Waals surface area contributed by atoms with Crippen LogP contribution in [-0.2, 0) is 0 Å². The molecule has 0 bridgehead atoms. The summed E-state index contributed by atoms with van der Waals surface area (Å²) < 4.78 is 0. The Morgan fingerprint density at radius 3 is 2.70 bits per heavy atom. The van der Waals surface area contributed by atoms with Crippen molar-refractivity contribution in [2.45, 2.75) is 26.7 Å². The number of hydrogen-bond donors (Lipinski definition) is 0. The van der Waals surface area contributed by atoms with E-state index >= 15 is 0 Å². The Bertz CT molecular complexity index is 138. The van der Waals surface area contributed by atoms with Crippen LogP contribution in [0.4, 0.5) is 0 Å². The molecule has 0 aliphatic rings. The molecular formula is C10H16. The molecule has 0 aromatic heterocycles. The van der Waals surface area contributed by atoms with Gasteiger partial charge in [0.2, 0.25) is 0 Å². The van der Waals surface area contributed by atoms with Crippen LogP contribution >= 0.6 is 0 Å². The zero-order valence-corrected chi connectivity index (χ0v) is 6.93. The summed E-state index contributed by atoms with van der Waals surface area (Å²) in [5, 5.41) is 0. The Kier molecular flexibility index (Phi) is 5.85. The molecule has 0 saturated carbocycles. The van der Waals surface area contributed by atoms with E-state index in [-0.39, 0.29) is 0 Å². The summed E-state index contributed by atoms with van der Waals surface area (Å²) in [5.74, 6) is 0. The quantitative estimate of drug-likeness (QED) is 0.410. The van der Waals surface area contributed by atoms with Gasteiger partial charge in [-0.25, -0.2) is 0 Å². The lowest BCUT2D eigenvalue weighted by molar-refractivity contribution is 0.974. The molecule has 56 valence electrons. The molecule has 0 aliphatic carbocycles. The van der Waals surface area contributed by atoms with E-state index in [1.165, 1.54) is 12.0 Å². The van der Waals surface area contributed by atoms with Crippen LogP contribution in [0.25, 0.3) is 0 Å². The van der Waals surface area contributed by atoms with Crippen molar-refractivity contribution in [2.75, 3.05) is 0 Å². The highest BCUT2D eigenvalue weighted by atomic mass is 13.9. The van der Waals surface area contributed by atoms with Crippen LogP contribution in [-0.4, -0.2) is 0 Å². The zero-order chi connectivity index (χ0) is 7.82. The molecule has 0 atom stereocenters. The number of hydrogen-bond acceptors (Lipinski definition) is 0. The molecule has 0 nitrogen and oxygen atoms in total. The van der Waals surface area contributed by atoms with Crippen LogP contribution in [0.2, 0.25) is 0 Å². The largest absolute Gasteiger partial charge is 0.0991 e. The van der Waals surface area contributed by atoms with E-state index in [1.807, 2.05) is 12.2 Å². The minimum Gasteiger partial charge on any atom is -0.0991 e. The van der Waals surface area contributed by atoms with Gasteiger partial charge in [-0.05, 0) is 26.7 Å². The molecule has 0 fully saturated rings. The molecule has 0 aromatic rings. The van der Waals surface area contributed by atoms with Crippen LogP contribution in [0.3, 0.4) is 0 Å². The lowest BCUT2D eigenvalue weighted by Crippen LogP contribution is -1.72. The fraction of sp³-hybridized carbons (Fsp3) is 0.400. The minimum absolute atomic E-state index is 1.13. The Labute approximate surface area is 64.0 Å². The van der Waals surface area contributed by atoms with Gasteiger partial charge in [0, 0.05) is 0 Å². The van der Waals surface area contributed by atoms with Gasteiger partial charge in [0.1, 0.15) is 0 Å². The number of rotatable bonds is 4. The highest BCUT2D eigenvalue weighted by molar-refractivity contribution is 5.01. The second kappa shape index (κ2) is 6.34. The van der Waals surface area contributed by atoms with Gasteiger partial charge in [0.05, 0.1) is 0 Å². The summed E-state index contributed by atoms with van der Waals surface area (Å²) in [5.41, 5.74) is 1.45. The smallest absolute Gasteiger partial charge is 0.0288 e. The van der Waals surface area contributed by atoms with E-state index in [0.29, 0.717) is 0 Å². The maximum Gasteiger partial charge on any atom is -0.0288 e. The molecule has 0 spiro atoms. The Morgan fingerprint density at radius 1 is 1.50 bits per heavy atom.